The van der Waals surface area contributed by atoms with Gasteiger partial charge >= 0.3 is 5.97 Å². The monoisotopic (exact) mass is 372 g/mol. The van der Waals surface area contributed by atoms with Crippen LogP contribution in [0.3, 0.4) is 0 Å². The van der Waals surface area contributed by atoms with E-state index in [4.69, 9.17) is 4.74 Å². The van der Waals surface area contributed by atoms with Gasteiger partial charge in [0.05, 0.1) is 10.5 Å². The number of hydrogen-bond donors (Lipinski definition) is 0. The molecule has 26 heavy (non-hydrogen) atoms. The average Bonchev–Trinajstić information content (AvgIpc) is 3.08. The van der Waals surface area contributed by atoms with Gasteiger partial charge in [-0.25, -0.2) is 13.2 Å². The molecule has 0 amide bonds. The number of fused-ring (bicyclic) bond motifs is 1. The van der Waals surface area contributed by atoms with E-state index in [-0.39, 0.29) is 16.2 Å². The van der Waals surface area contributed by atoms with E-state index in [2.05, 4.69) is 0 Å². The number of hydrogen-bond acceptors (Lipinski definition) is 5. The van der Waals surface area contributed by atoms with Crippen molar-refractivity contribution in [2.75, 3.05) is 6.26 Å². The lowest BCUT2D eigenvalue weighted by Crippen LogP contribution is -2.24. The smallest absolute Gasteiger partial charge is 0.338 e. The Hall–Kier alpha value is -2.47. The molecule has 0 saturated carbocycles. The van der Waals surface area contributed by atoms with Gasteiger partial charge < -0.3 is 4.74 Å². The second-order valence-corrected chi connectivity index (χ2v) is 8.56. The Morgan fingerprint density at radius 2 is 1.58 bits per heavy atom. The highest BCUT2D eigenvalue weighted by Gasteiger charge is 2.22. The molecule has 2 aromatic carbocycles. The number of ketones is 1. The van der Waals surface area contributed by atoms with Crippen LogP contribution in [0.1, 0.15) is 45.2 Å². The minimum Gasteiger partial charge on any atom is -0.451 e. The Morgan fingerprint density at radius 3 is 2.23 bits per heavy atom. The van der Waals surface area contributed by atoms with Gasteiger partial charge in [0.2, 0.25) is 5.78 Å². The van der Waals surface area contributed by atoms with Crippen LogP contribution in [0.4, 0.5) is 0 Å². The number of sulfone groups is 1. The number of benzene rings is 2. The molecule has 3 rings (SSSR count). The van der Waals surface area contributed by atoms with Crippen LogP contribution in [0, 0.1) is 0 Å². The predicted octanol–water partition coefficient (Wildman–Crippen LogP) is 3.01. The molecule has 0 bridgehead atoms. The summed E-state index contributed by atoms with van der Waals surface area (Å²) in [6.45, 7) is 1.54. The first kappa shape index (κ1) is 18.3. The highest BCUT2D eigenvalue weighted by Crippen LogP contribution is 2.23. The molecule has 1 aliphatic rings. The van der Waals surface area contributed by atoms with Gasteiger partial charge in [0.15, 0.2) is 15.9 Å². The standard InChI is InChI=1S/C20H20O5S/c1-13(19(21)17-7-6-14-4-3-5-16(14)12-17)25-20(22)15-8-10-18(11-9-15)26(2,23)24/h6-13H,3-5H2,1-2H3. The van der Waals surface area contributed by atoms with Gasteiger partial charge in [0, 0.05) is 11.8 Å². The summed E-state index contributed by atoms with van der Waals surface area (Å²) in [5.74, 6) is -0.909. The van der Waals surface area contributed by atoms with E-state index in [0.29, 0.717) is 5.56 Å². The van der Waals surface area contributed by atoms with E-state index in [9.17, 15) is 18.0 Å². The molecule has 0 saturated heterocycles. The lowest BCUT2D eigenvalue weighted by molar-refractivity contribution is 0.0318. The third-order valence-corrected chi connectivity index (χ3v) is 5.68. The number of Topliss-reactive ketones (excluding diaryl/α,β-unsaturated/α-hetero) is 1. The number of aryl methyl sites for hydroxylation is 2. The largest absolute Gasteiger partial charge is 0.451 e. The minimum atomic E-state index is -3.33. The first-order valence-corrected chi connectivity index (χ1v) is 10.3. The second kappa shape index (κ2) is 7.03. The molecule has 6 heteroatoms. The van der Waals surface area contributed by atoms with Gasteiger partial charge in [-0.15, -0.1) is 0 Å². The fourth-order valence-corrected chi connectivity index (χ4v) is 3.71. The van der Waals surface area contributed by atoms with E-state index in [1.54, 1.807) is 13.0 Å². The molecule has 2 aromatic rings. The molecule has 1 atom stereocenters. The molecular formula is C20H20O5S. The molecule has 0 N–H and O–H groups in total. The summed E-state index contributed by atoms with van der Waals surface area (Å²) in [6, 6.07) is 11.1. The summed E-state index contributed by atoms with van der Waals surface area (Å²) in [4.78, 5) is 24.9. The quantitative estimate of drug-likeness (QED) is 0.596. The fraction of sp³-hybridized carbons (Fsp3) is 0.300. The lowest BCUT2D eigenvalue weighted by atomic mass is 10.0. The number of esters is 1. The first-order valence-electron chi connectivity index (χ1n) is 8.43. The van der Waals surface area contributed by atoms with Crippen LogP contribution < -0.4 is 0 Å². The topological polar surface area (TPSA) is 77.5 Å². The number of carbonyl (C=O) groups is 2. The van der Waals surface area contributed by atoms with Crippen LogP contribution in [0.25, 0.3) is 0 Å². The summed E-state index contributed by atoms with van der Waals surface area (Å²) in [5, 5.41) is 0. The average molecular weight is 372 g/mol. The van der Waals surface area contributed by atoms with Gasteiger partial charge in [0.25, 0.3) is 0 Å². The highest BCUT2D eigenvalue weighted by molar-refractivity contribution is 7.90. The maximum atomic E-state index is 12.5. The number of rotatable bonds is 5. The van der Waals surface area contributed by atoms with Crippen molar-refractivity contribution in [1.82, 2.24) is 0 Å². The van der Waals surface area contributed by atoms with Crippen LogP contribution in [0.2, 0.25) is 0 Å². The van der Waals surface area contributed by atoms with Gasteiger partial charge in [0.1, 0.15) is 0 Å². The SMILES string of the molecule is CC(OC(=O)c1ccc(S(C)(=O)=O)cc1)C(=O)c1ccc2c(c1)CCC2. The highest BCUT2D eigenvalue weighted by atomic mass is 32.2. The molecule has 0 aromatic heterocycles. The fourth-order valence-electron chi connectivity index (χ4n) is 3.08. The molecule has 0 spiro atoms. The normalized spacial score (nSPS) is 14.5. The van der Waals surface area contributed by atoms with Crippen LogP contribution in [-0.2, 0) is 27.4 Å². The second-order valence-electron chi connectivity index (χ2n) is 6.55. The maximum Gasteiger partial charge on any atom is 0.338 e. The zero-order valence-electron chi connectivity index (χ0n) is 14.7. The molecule has 0 heterocycles. The van der Waals surface area contributed by atoms with Gasteiger partial charge in [-0.3, -0.25) is 4.79 Å². The Balaban J connectivity index is 1.69. The van der Waals surface area contributed by atoms with Crippen LogP contribution in [0.15, 0.2) is 47.4 Å². The van der Waals surface area contributed by atoms with Crippen LogP contribution in [0.5, 0.6) is 0 Å². The summed E-state index contributed by atoms with van der Waals surface area (Å²) in [5.41, 5.74) is 3.20. The third-order valence-electron chi connectivity index (χ3n) is 4.55. The van der Waals surface area contributed by atoms with Crippen molar-refractivity contribution in [1.29, 1.82) is 0 Å². The van der Waals surface area contributed by atoms with E-state index in [1.807, 2.05) is 12.1 Å². The Morgan fingerprint density at radius 1 is 0.962 bits per heavy atom. The first-order chi connectivity index (χ1) is 12.3. The molecule has 5 nitrogen and oxygen atoms in total. The number of ether oxygens (including phenoxy) is 1. The van der Waals surface area contributed by atoms with Crippen molar-refractivity contribution in [2.45, 2.75) is 37.2 Å². The summed E-state index contributed by atoms with van der Waals surface area (Å²) in [6.07, 6.45) is 3.28. The predicted molar refractivity (Wildman–Crippen MR) is 97.2 cm³/mol. The van der Waals surface area contributed by atoms with E-state index < -0.39 is 21.9 Å². The van der Waals surface area contributed by atoms with Gasteiger partial charge in [-0.1, -0.05) is 12.1 Å². The van der Waals surface area contributed by atoms with Crippen molar-refractivity contribution in [3.63, 3.8) is 0 Å². The molecule has 136 valence electrons. The van der Waals surface area contributed by atoms with Crippen molar-refractivity contribution >= 4 is 21.6 Å². The Labute approximate surface area is 152 Å². The molecule has 0 fully saturated rings. The van der Waals surface area contributed by atoms with Crippen molar-refractivity contribution in [3.05, 3.63) is 64.7 Å². The van der Waals surface area contributed by atoms with E-state index in [1.165, 1.54) is 35.4 Å². The van der Waals surface area contributed by atoms with Gasteiger partial charge in [-0.05, 0) is 67.6 Å². The molecule has 0 radical (unpaired) electrons. The third kappa shape index (κ3) is 3.85. The van der Waals surface area contributed by atoms with E-state index in [0.717, 1.165) is 25.5 Å². The van der Waals surface area contributed by atoms with E-state index >= 15 is 0 Å². The summed E-state index contributed by atoms with van der Waals surface area (Å²) >= 11 is 0. The zero-order valence-corrected chi connectivity index (χ0v) is 15.5. The molecule has 1 aliphatic carbocycles. The van der Waals surface area contributed by atoms with Crippen LogP contribution in [-0.4, -0.2) is 32.5 Å². The Bertz CT molecular complexity index is 958. The van der Waals surface area contributed by atoms with Crippen molar-refractivity contribution in [3.8, 4) is 0 Å². The van der Waals surface area contributed by atoms with Gasteiger partial charge in [-0.2, -0.15) is 0 Å². The minimum absolute atomic E-state index is 0.122. The van der Waals surface area contributed by atoms with Crippen molar-refractivity contribution < 1.29 is 22.7 Å². The molecular weight excluding hydrogens is 352 g/mol. The molecule has 1 unspecified atom stereocenters. The molecule has 0 aliphatic heterocycles. The zero-order chi connectivity index (χ0) is 18.9. The lowest BCUT2D eigenvalue weighted by Gasteiger charge is -2.13. The number of carbonyl (C=O) groups excluding carboxylic acids is 2. The Kier molecular flexibility index (Phi) is 4.96. The van der Waals surface area contributed by atoms with Crippen molar-refractivity contribution in [2.24, 2.45) is 0 Å². The van der Waals surface area contributed by atoms with Crippen LogP contribution >= 0.6 is 0 Å². The summed E-state index contributed by atoms with van der Waals surface area (Å²) < 4.78 is 28.2. The summed E-state index contributed by atoms with van der Waals surface area (Å²) in [7, 11) is -3.33. The maximum absolute atomic E-state index is 12.5.